The summed E-state index contributed by atoms with van der Waals surface area (Å²) in [5.74, 6) is 0.548. The van der Waals surface area contributed by atoms with E-state index in [1.54, 1.807) is 25.3 Å². The van der Waals surface area contributed by atoms with Crippen molar-refractivity contribution in [2.24, 2.45) is 0 Å². The second-order valence-corrected chi connectivity index (χ2v) is 9.68. The van der Waals surface area contributed by atoms with E-state index in [-0.39, 0.29) is 5.57 Å². The largest absolute Gasteiger partial charge is 0.493 e. The molecule has 3 aromatic rings. The molecule has 3 aromatic carbocycles. The van der Waals surface area contributed by atoms with E-state index in [9.17, 15) is 10.1 Å². The summed E-state index contributed by atoms with van der Waals surface area (Å²) in [6.45, 7) is 2.29. The first-order valence-electron chi connectivity index (χ1n) is 9.74. The maximum absolute atomic E-state index is 12.8. The SMILES string of the molecule is COc1ccc(/C=C(\C#N)C(=O)Nc2c(Br)cc(C)cc2Br)cc1OCc1ccc(Br)cc1. The second-order valence-electron chi connectivity index (χ2n) is 7.05. The molecular weight excluding hydrogens is 616 g/mol. The number of nitrogens with one attached hydrogen (secondary N) is 1. The van der Waals surface area contributed by atoms with E-state index >= 15 is 0 Å². The molecule has 1 N–H and O–H groups in total. The Morgan fingerprint density at radius 3 is 2.30 bits per heavy atom. The van der Waals surface area contributed by atoms with Gasteiger partial charge in [-0.1, -0.05) is 34.1 Å². The molecule has 0 saturated heterocycles. The van der Waals surface area contributed by atoms with Gasteiger partial charge in [0, 0.05) is 13.4 Å². The van der Waals surface area contributed by atoms with Crippen molar-refractivity contribution in [2.45, 2.75) is 13.5 Å². The summed E-state index contributed by atoms with van der Waals surface area (Å²) < 4.78 is 13.8. The summed E-state index contributed by atoms with van der Waals surface area (Å²) in [7, 11) is 1.56. The molecule has 0 aromatic heterocycles. The zero-order chi connectivity index (χ0) is 24.0. The molecule has 0 spiro atoms. The van der Waals surface area contributed by atoms with Gasteiger partial charge in [-0.05, 0) is 97.9 Å². The van der Waals surface area contributed by atoms with Gasteiger partial charge in [-0.15, -0.1) is 0 Å². The summed E-state index contributed by atoms with van der Waals surface area (Å²) in [5, 5.41) is 12.4. The van der Waals surface area contributed by atoms with Crippen LogP contribution in [0.3, 0.4) is 0 Å². The molecule has 0 unspecified atom stereocenters. The number of halogens is 3. The number of aryl methyl sites for hydroxylation is 1. The Balaban J connectivity index is 1.82. The van der Waals surface area contributed by atoms with Crippen LogP contribution in [0, 0.1) is 18.3 Å². The molecule has 0 bridgehead atoms. The Kier molecular flexibility index (Phi) is 8.73. The highest BCUT2D eigenvalue weighted by Crippen LogP contribution is 2.33. The fourth-order valence-corrected chi connectivity index (χ4v) is 4.83. The molecule has 0 aliphatic heterocycles. The van der Waals surface area contributed by atoms with Crippen LogP contribution in [0.15, 0.2) is 73.6 Å². The van der Waals surface area contributed by atoms with Crippen LogP contribution in [0.5, 0.6) is 11.5 Å². The van der Waals surface area contributed by atoms with E-state index in [0.29, 0.717) is 38.3 Å². The molecule has 168 valence electrons. The van der Waals surface area contributed by atoms with Gasteiger partial charge in [0.1, 0.15) is 18.2 Å². The number of benzene rings is 3. The second kappa shape index (κ2) is 11.5. The quantitative estimate of drug-likeness (QED) is 0.217. The Bertz CT molecular complexity index is 1230. The van der Waals surface area contributed by atoms with Crippen molar-refractivity contribution in [2.75, 3.05) is 12.4 Å². The van der Waals surface area contributed by atoms with E-state index in [1.165, 1.54) is 6.08 Å². The van der Waals surface area contributed by atoms with Crippen molar-refractivity contribution >= 4 is 65.5 Å². The number of hydrogen-bond donors (Lipinski definition) is 1. The number of methoxy groups -OCH3 is 1. The first-order valence-corrected chi connectivity index (χ1v) is 12.1. The summed E-state index contributed by atoms with van der Waals surface area (Å²) in [5.41, 5.74) is 3.16. The lowest BCUT2D eigenvalue weighted by Crippen LogP contribution is -2.14. The fourth-order valence-electron chi connectivity index (χ4n) is 2.95. The Hall–Kier alpha value is -2.60. The lowest BCUT2D eigenvalue weighted by atomic mass is 10.1. The summed E-state index contributed by atoms with van der Waals surface area (Å²) in [6, 6.07) is 18.8. The van der Waals surface area contributed by atoms with Crippen molar-refractivity contribution in [3.63, 3.8) is 0 Å². The molecule has 0 heterocycles. The molecular formula is C25H19Br3N2O3. The minimum Gasteiger partial charge on any atom is -0.493 e. The highest BCUT2D eigenvalue weighted by molar-refractivity contribution is 9.11. The maximum atomic E-state index is 12.8. The van der Waals surface area contributed by atoms with Crippen LogP contribution in [0.1, 0.15) is 16.7 Å². The van der Waals surface area contributed by atoms with Gasteiger partial charge in [-0.2, -0.15) is 5.26 Å². The molecule has 3 rings (SSSR count). The predicted molar refractivity (Wildman–Crippen MR) is 140 cm³/mol. The van der Waals surface area contributed by atoms with Crippen LogP contribution in [0.25, 0.3) is 6.08 Å². The van der Waals surface area contributed by atoms with Gasteiger partial charge in [0.05, 0.1) is 12.8 Å². The van der Waals surface area contributed by atoms with Gasteiger partial charge in [-0.25, -0.2) is 0 Å². The first-order chi connectivity index (χ1) is 15.8. The van der Waals surface area contributed by atoms with Crippen LogP contribution < -0.4 is 14.8 Å². The maximum Gasteiger partial charge on any atom is 0.266 e. The third kappa shape index (κ3) is 6.70. The van der Waals surface area contributed by atoms with Crippen LogP contribution >= 0.6 is 47.8 Å². The average Bonchev–Trinajstić information content (AvgIpc) is 2.79. The molecule has 1 amide bonds. The van der Waals surface area contributed by atoms with Crippen molar-refractivity contribution in [1.29, 1.82) is 5.26 Å². The van der Waals surface area contributed by atoms with Gasteiger partial charge < -0.3 is 14.8 Å². The molecule has 0 fully saturated rings. The smallest absolute Gasteiger partial charge is 0.266 e. The van der Waals surface area contributed by atoms with Gasteiger partial charge in [-0.3, -0.25) is 4.79 Å². The summed E-state index contributed by atoms with van der Waals surface area (Å²) >= 11 is 10.3. The fraction of sp³-hybridized carbons (Fsp3) is 0.120. The van der Waals surface area contributed by atoms with Crippen LogP contribution in [0.2, 0.25) is 0 Å². The van der Waals surface area contributed by atoms with E-state index in [4.69, 9.17) is 9.47 Å². The number of carbonyl (C=O) groups excluding carboxylic acids is 1. The third-order valence-corrected chi connectivity index (χ3v) is 6.38. The summed E-state index contributed by atoms with van der Waals surface area (Å²) in [4.78, 5) is 12.8. The molecule has 0 atom stereocenters. The van der Waals surface area contributed by atoms with Crippen molar-refractivity contribution in [3.8, 4) is 17.6 Å². The van der Waals surface area contributed by atoms with Crippen molar-refractivity contribution < 1.29 is 14.3 Å². The number of amides is 1. The number of nitriles is 1. The van der Waals surface area contributed by atoms with Crippen LogP contribution in [0.4, 0.5) is 5.69 Å². The lowest BCUT2D eigenvalue weighted by Gasteiger charge is -2.12. The Morgan fingerprint density at radius 2 is 1.70 bits per heavy atom. The molecule has 5 nitrogen and oxygen atoms in total. The average molecular weight is 635 g/mol. The first kappa shape index (κ1) is 25.0. The number of carbonyl (C=O) groups is 1. The molecule has 8 heteroatoms. The normalized spacial score (nSPS) is 11.0. The number of ether oxygens (including phenoxy) is 2. The minimum absolute atomic E-state index is 0.0431. The molecule has 0 saturated carbocycles. The third-order valence-electron chi connectivity index (χ3n) is 4.60. The minimum atomic E-state index is -0.518. The van der Waals surface area contributed by atoms with Crippen LogP contribution in [-0.4, -0.2) is 13.0 Å². The number of hydrogen-bond acceptors (Lipinski definition) is 4. The van der Waals surface area contributed by atoms with Crippen molar-refractivity contribution in [1.82, 2.24) is 0 Å². The van der Waals surface area contributed by atoms with E-state index in [2.05, 4.69) is 53.1 Å². The topological polar surface area (TPSA) is 71.3 Å². The zero-order valence-electron chi connectivity index (χ0n) is 17.8. The highest BCUT2D eigenvalue weighted by Gasteiger charge is 2.15. The predicted octanol–water partition coefficient (Wildman–Crippen LogP) is 7.42. The molecule has 0 aliphatic rings. The van der Waals surface area contributed by atoms with Crippen LogP contribution in [-0.2, 0) is 11.4 Å². The van der Waals surface area contributed by atoms with Gasteiger partial charge in [0.25, 0.3) is 5.91 Å². The lowest BCUT2D eigenvalue weighted by molar-refractivity contribution is -0.112. The van der Waals surface area contributed by atoms with E-state index in [1.807, 2.05) is 49.4 Å². The molecule has 0 aliphatic carbocycles. The number of anilines is 1. The van der Waals surface area contributed by atoms with E-state index in [0.717, 1.165) is 15.6 Å². The number of rotatable bonds is 7. The highest BCUT2D eigenvalue weighted by atomic mass is 79.9. The van der Waals surface area contributed by atoms with Gasteiger partial charge in [0.15, 0.2) is 11.5 Å². The number of nitrogens with zero attached hydrogens (tertiary/aromatic N) is 1. The molecule has 0 radical (unpaired) electrons. The van der Waals surface area contributed by atoms with Gasteiger partial charge >= 0.3 is 0 Å². The monoisotopic (exact) mass is 632 g/mol. The Labute approximate surface area is 217 Å². The standard InChI is InChI=1S/C25H19Br3N2O3/c1-15-9-20(27)24(21(28)10-15)30-25(31)18(13-29)11-17-5-8-22(32-2)23(12-17)33-14-16-3-6-19(26)7-4-16/h3-12H,14H2,1-2H3,(H,30,31)/b18-11+. The zero-order valence-corrected chi connectivity index (χ0v) is 22.5. The molecule has 33 heavy (non-hydrogen) atoms. The van der Waals surface area contributed by atoms with Crippen molar-refractivity contribution in [3.05, 3.63) is 90.3 Å². The van der Waals surface area contributed by atoms with Gasteiger partial charge in [0.2, 0.25) is 0 Å². The van der Waals surface area contributed by atoms with E-state index < -0.39 is 5.91 Å². The summed E-state index contributed by atoms with van der Waals surface area (Å²) in [6.07, 6.45) is 1.51. The Morgan fingerprint density at radius 1 is 1.03 bits per heavy atom.